The fraction of sp³-hybridized carbons (Fsp3) is 0.129. The van der Waals surface area contributed by atoms with E-state index in [4.69, 9.17) is 0 Å². The van der Waals surface area contributed by atoms with Crippen LogP contribution in [0.4, 0.5) is 34.1 Å². The fourth-order valence-electron chi connectivity index (χ4n) is 11.0. The van der Waals surface area contributed by atoms with E-state index in [0.29, 0.717) is 0 Å². The van der Waals surface area contributed by atoms with Crippen molar-refractivity contribution in [2.45, 2.75) is 53.5 Å². The summed E-state index contributed by atoms with van der Waals surface area (Å²) in [5.41, 5.74) is 16.1. The summed E-state index contributed by atoms with van der Waals surface area (Å²) < 4.78 is 0. The van der Waals surface area contributed by atoms with E-state index in [9.17, 15) is 0 Å². The highest BCUT2D eigenvalue weighted by molar-refractivity contribution is 7.03. The van der Waals surface area contributed by atoms with Crippen LogP contribution in [0.5, 0.6) is 0 Å². The van der Waals surface area contributed by atoms with Gasteiger partial charge < -0.3 is 9.80 Å². The summed E-state index contributed by atoms with van der Waals surface area (Å²) in [6.07, 6.45) is 0. The van der Waals surface area contributed by atoms with E-state index < -0.39 is 16.1 Å². The molecule has 1 aliphatic heterocycles. The molecule has 0 saturated carbocycles. The lowest BCUT2D eigenvalue weighted by molar-refractivity contribution is 1.20. The first-order valence-corrected chi connectivity index (χ1v) is 29.9. The van der Waals surface area contributed by atoms with Crippen molar-refractivity contribution in [2.24, 2.45) is 0 Å². The quantitative estimate of drug-likeness (QED) is 0.111. The molecule has 0 radical (unpaired) electrons. The summed E-state index contributed by atoms with van der Waals surface area (Å²) >= 11 is 0. The van der Waals surface area contributed by atoms with Gasteiger partial charge in [0.25, 0.3) is 0 Å². The van der Waals surface area contributed by atoms with Crippen molar-refractivity contribution < 1.29 is 0 Å². The zero-order valence-corrected chi connectivity index (χ0v) is 41.4. The standard InChI is InChI=1S/C62H56N2Si2/c1-41-36-42(2)62(43(3)37-41)64(46-20-13-10-14-21-46)49-32-35-53-58-40-56-52-23-16-15-22-51(52)55(39-57(56)54-24-17-25-59(61(54)58)66(7,8)60(53)38-49)44-26-28-47(29-27-44)63(45-18-11-9-12-19-45)48-30-33-50(34-31-48)65(4,5)6/h9-40H,1-8H3. The van der Waals surface area contributed by atoms with Gasteiger partial charge in [0, 0.05) is 28.4 Å². The summed E-state index contributed by atoms with van der Waals surface area (Å²) in [6, 6.07) is 73.3. The van der Waals surface area contributed by atoms with Crippen molar-refractivity contribution in [3.05, 3.63) is 211 Å². The van der Waals surface area contributed by atoms with Crippen LogP contribution in [-0.2, 0) is 0 Å². The van der Waals surface area contributed by atoms with Gasteiger partial charge in [-0.1, -0.05) is 165 Å². The molecule has 0 spiro atoms. The van der Waals surface area contributed by atoms with E-state index in [1.807, 2.05) is 0 Å². The molecule has 10 aromatic rings. The minimum absolute atomic E-state index is 1.14. The Labute approximate surface area is 392 Å². The number of anilines is 6. The zero-order chi connectivity index (χ0) is 45.5. The maximum atomic E-state index is 2.56. The van der Waals surface area contributed by atoms with Gasteiger partial charge in [0.1, 0.15) is 8.07 Å². The van der Waals surface area contributed by atoms with Crippen LogP contribution in [0.3, 0.4) is 0 Å². The van der Waals surface area contributed by atoms with Crippen molar-refractivity contribution in [1.82, 2.24) is 0 Å². The van der Waals surface area contributed by atoms with Gasteiger partial charge in [-0.15, -0.1) is 0 Å². The molecule has 4 heteroatoms. The second kappa shape index (κ2) is 15.9. The second-order valence-electron chi connectivity index (χ2n) is 20.0. The Hall–Kier alpha value is -6.99. The first kappa shape index (κ1) is 41.7. The highest BCUT2D eigenvalue weighted by Crippen LogP contribution is 2.46. The number of hydrogen-bond donors (Lipinski definition) is 0. The third-order valence-corrected chi connectivity index (χ3v) is 19.8. The summed E-state index contributed by atoms with van der Waals surface area (Å²) in [5, 5.41) is 12.4. The van der Waals surface area contributed by atoms with Gasteiger partial charge in [-0.2, -0.15) is 0 Å². The molecule has 11 rings (SSSR count). The monoisotopic (exact) mass is 884 g/mol. The Kier molecular flexibility index (Phi) is 10.0. The van der Waals surface area contributed by atoms with Gasteiger partial charge in [0.05, 0.1) is 13.8 Å². The number of benzene rings is 10. The van der Waals surface area contributed by atoms with Crippen LogP contribution >= 0.6 is 0 Å². The van der Waals surface area contributed by atoms with E-state index in [2.05, 4.69) is 257 Å². The van der Waals surface area contributed by atoms with Crippen molar-refractivity contribution in [2.75, 3.05) is 9.80 Å². The number of aryl methyl sites for hydroxylation is 3. The lowest BCUT2D eigenvalue weighted by Crippen LogP contribution is -2.56. The third-order valence-electron chi connectivity index (χ3n) is 14.2. The maximum Gasteiger partial charge on any atom is 0.113 e. The van der Waals surface area contributed by atoms with Gasteiger partial charge in [-0.25, -0.2) is 0 Å². The molecule has 0 unspecified atom stereocenters. The van der Waals surface area contributed by atoms with Gasteiger partial charge >= 0.3 is 0 Å². The lowest BCUT2D eigenvalue weighted by Gasteiger charge is -2.36. The molecule has 0 amide bonds. The fourth-order valence-corrected chi connectivity index (χ4v) is 15.3. The number of para-hydroxylation sites is 2. The normalized spacial score (nSPS) is 13.0. The summed E-state index contributed by atoms with van der Waals surface area (Å²) in [6.45, 7) is 19.0. The number of fused-ring (bicyclic) bond motifs is 6. The van der Waals surface area contributed by atoms with Gasteiger partial charge in [-0.3, -0.25) is 0 Å². The minimum atomic E-state index is -2.21. The molecule has 322 valence electrons. The first-order chi connectivity index (χ1) is 31.9. The molecular weight excluding hydrogens is 829 g/mol. The van der Waals surface area contributed by atoms with E-state index >= 15 is 0 Å². The Balaban J connectivity index is 1.06. The Morgan fingerprint density at radius 1 is 0.379 bits per heavy atom. The van der Waals surface area contributed by atoms with Crippen LogP contribution in [0.15, 0.2) is 194 Å². The molecule has 1 aliphatic rings. The molecule has 2 nitrogen and oxygen atoms in total. The first-order valence-electron chi connectivity index (χ1n) is 23.4. The van der Waals surface area contributed by atoms with Crippen LogP contribution in [0.1, 0.15) is 16.7 Å². The predicted octanol–water partition coefficient (Wildman–Crippen LogP) is 16.0. The molecular formula is C62H56N2Si2. The number of rotatable bonds is 8. The average molecular weight is 885 g/mol. The molecule has 1 heterocycles. The number of nitrogens with zero attached hydrogens (tertiary/aromatic N) is 2. The van der Waals surface area contributed by atoms with Gasteiger partial charge in [0.2, 0.25) is 0 Å². The Morgan fingerprint density at radius 2 is 0.894 bits per heavy atom. The smallest absolute Gasteiger partial charge is 0.113 e. The van der Waals surface area contributed by atoms with E-state index in [-0.39, 0.29) is 0 Å². The molecule has 0 aliphatic carbocycles. The van der Waals surface area contributed by atoms with Crippen molar-refractivity contribution in [3.8, 4) is 22.3 Å². The molecule has 0 atom stereocenters. The average Bonchev–Trinajstić information content (AvgIpc) is 3.32. The van der Waals surface area contributed by atoms with Crippen molar-refractivity contribution in [1.29, 1.82) is 0 Å². The van der Waals surface area contributed by atoms with Crippen molar-refractivity contribution in [3.63, 3.8) is 0 Å². The highest BCUT2D eigenvalue weighted by atomic mass is 28.3. The lowest BCUT2D eigenvalue weighted by atomic mass is 9.87. The van der Waals surface area contributed by atoms with Gasteiger partial charge in [-0.05, 0) is 170 Å². The van der Waals surface area contributed by atoms with E-state index in [1.54, 1.807) is 0 Å². The van der Waals surface area contributed by atoms with Crippen LogP contribution in [0.25, 0.3) is 54.6 Å². The Morgan fingerprint density at radius 3 is 1.53 bits per heavy atom. The van der Waals surface area contributed by atoms with Crippen LogP contribution < -0.4 is 25.4 Å². The third kappa shape index (κ3) is 6.90. The molecule has 10 aromatic carbocycles. The largest absolute Gasteiger partial charge is 0.311 e. The Bertz CT molecular complexity index is 3470. The molecule has 0 saturated heterocycles. The summed E-state index contributed by atoms with van der Waals surface area (Å²) in [4.78, 5) is 4.86. The van der Waals surface area contributed by atoms with Gasteiger partial charge in [0.15, 0.2) is 0 Å². The highest BCUT2D eigenvalue weighted by Gasteiger charge is 2.37. The van der Waals surface area contributed by atoms with Crippen LogP contribution in [-0.4, -0.2) is 16.1 Å². The topological polar surface area (TPSA) is 6.48 Å². The van der Waals surface area contributed by atoms with Crippen LogP contribution in [0, 0.1) is 20.8 Å². The van der Waals surface area contributed by atoms with Crippen LogP contribution in [0.2, 0.25) is 32.7 Å². The SMILES string of the molecule is Cc1cc(C)c(N(c2ccccc2)c2ccc3c(c2)[Si](C)(C)c2cccc4c2c-3cc2c3ccccc3c(-c3ccc(N(c5ccccc5)c5ccc([Si](C)(C)C)cc5)cc3)cc42)c(C)c1. The molecule has 0 N–H and O–H groups in total. The number of hydrogen-bond acceptors (Lipinski definition) is 2. The minimum Gasteiger partial charge on any atom is -0.311 e. The van der Waals surface area contributed by atoms with E-state index in [0.717, 1.165) is 11.4 Å². The van der Waals surface area contributed by atoms with Crippen molar-refractivity contribution >= 4 is 98.1 Å². The molecule has 0 fully saturated rings. The predicted molar refractivity (Wildman–Crippen MR) is 293 cm³/mol. The maximum absolute atomic E-state index is 2.56. The zero-order valence-electron chi connectivity index (χ0n) is 39.4. The molecule has 66 heavy (non-hydrogen) atoms. The molecule has 0 aromatic heterocycles. The van der Waals surface area contributed by atoms with E-state index in [1.165, 1.54) is 110 Å². The summed E-state index contributed by atoms with van der Waals surface area (Å²) in [5.74, 6) is 0. The molecule has 0 bridgehead atoms. The summed E-state index contributed by atoms with van der Waals surface area (Å²) in [7, 11) is -3.64. The second-order valence-corrected chi connectivity index (χ2v) is 29.4.